The third-order valence-electron chi connectivity index (χ3n) is 3.66. The number of carbonyl (C=O) groups excluding carboxylic acids is 2. The van der Waals surface area contributed by atoms with Crippen molar-refractivity contribution in [3.63, 3.8) is 0 Å². The Kier molecular flexibility index (Phi) is 8.02. The van der Waals surface area contributed by atoms with Crippen molar-refractivity contribution in [3.05, 3.63) is 52.0 Å². The second-order valence-corrected chi connectivity index (χ2v) is 6.94. The molecule has 2 N–H and O–H groups in total. The van der Waals surface area contributed by atoms with Crippen LogP contribution in [-0.2, 0) is 4.79 Å². The van der Waals surface area contributed by atoms with Crippen molar-refractivity contribution in [1.82, 2.24) is 10.3 Å². The van der Waals surface area contributed by atoms with Gasteiger partial charge < -0.3 is 19.5 Å². The van der Waals surface area contributed by atoms with Crippen LogP contribution in [0.25, 0.3) is 0 Å². The Bertz CT molecular complexity index is 915. The first-order chi connectivity index (χ1) is 13.8. The van der Waals surface area contributed by atoms with Gasteiger partial charge in [-0.1, -0.05) is 6.07 Å². The maximum absolute atomic E-state index is 12.1. The van der Waals surface area contributed by atoms with Crippen LogP contribution in [0.3, 0.4) is 0 Å². The van der Waals surface area contributed by atoms with Gasteiger partial charge in [-0.15, -0.1) is 0 Å². The molecule has 29 heavy (non-hydrogen) atoms. The monoisotopic (exact) mass is 463 g/mol. The highest BCUT2D eigenvalue weighted by Gasteiger charge is 2.14. The Balaban J connectivity index is 2.13. The number of hydrogen-bond donors (Lipinski definition) is 2. The molecule has 0 aliphatic carbocycles. The van der Waals surface area contributed by atoms with Crippen LogP contribution in [-0.4, -0.2) is 55.3 Å². The van der Waals surface area contributed by atoms with Crippen LogP contribution >= 0.6 is 15.9 Å². The van der Waals surface area contributed by atoms with E-state index in [-0.39, 0.29) is 23.8 Å². The van der Waals surface area contributed by atoms with Crippen molar-refractivity contribution in [1.29, 1.82) is 0 Å². The number of carbonyl (C=O) groups is 2. The summed E-state index contributed by atoms with van der Waals surface area (Å²) in [7, 11) is 3.30. The third-order valence-corrected chi connectivity index (χ3v) is 4.25. The van der Waals surface area contributed by atoms with Gasteiger partial charge in [0, 0.05) is 19.7 Å². The standard InChI is InChI=1S/C20H22BrN3O5/c1-4-28-17-9-13(8-16(21)19(17)29-12-18(26)24(2)3)11-22-23-20(27)14-6-5-7-15(25)10-14/h5-11,25H,4,12H2,1-3H3,(H,23,27)/b22-11+. The predicted octanol–water partition coefficient (Wildman–Crippen LogP) is 2.78. The van der Waals surface area contributed by atoms with Gasteiger partial charge in [-0.05, 0) is 58.7 Å². The van der Waals surface area contributed by atoms with Gasteiger partial charge in [0.2, 0.25) is 0 Å². The van der Waals surface area contributed by atoms with Crippen molar-refractivity contribution < 1.29 is 24.2 Å². The quantitative estimate of drug-likeness (QED) is 0.462. The molecule has 2 aromatic carbocycles. The van der Waals surface area contributed by atoms with Crippen LogP contribution in [0.1, 0.15) is 22.8 Å². The van der Waals surface area contributed by atoms with Gasteiger partial charge >= 0.3 is 0 Å². The molecule has 2 rings (SSSR count). The minimum Gasteiger partial charge on any atom is -0.508 e. The van der Waals surface area contributed by atoms with Crippen molar-refractivity contribution in [2.24, 2.45) is 5.10 Å². The fourth-order valence-corrected chi connectivity index (χ4v) is 2.78. The molecule has 0 saturated heterocycles. The fourth-order valence-electron chi connectivity index (χ4n) is 2.21. The first-order valence-corrected chi connectivity index (χ1v) is 9.52. The lowest BCUT2D eigenvalue weighted by molar-refractivity contribution is -0.130. The van der Waals surface area contributed by atoms with Crippen molar-refractivity contribution in [2.75, 3.05) is 27.3 Å². The van der Waals surface area contributed by atoms with Gasteiger partial charge in [0.1, 0.15) is 5.75 Å². The van der Waals surface area contributed by atoms with Gasteiger partial charge in [0.15, 0.2) is 18.1 Å². The number of benzene rings is 2. The number of ether oxygens (including phenoxy) is 2. The molecule has 0 unspecified atom stereocenters. The molecule has 0 spiro atoms. The number of hydrogen-bond acceptors (Lipinski definition) is 6. The van der Waals surface area contributed by atoms with E-state index in [9.17, 15) is 14.7 Å². The number of nitrogens with one attached hydrogen (secondary N) is 1. The summed E-state index contributed by atoms with van der Waals surface area (Å²) in [5.74, 6) is 0.204. The minimum atomic E-state index is -0.455. The summed E-state index contributed by atoms with van der Waals surface area (Å²) in [5.41, 5.74) is 3.32. The van der Waals surface area contributed by atoms with Crippen LogP contribution in [0, 0.1) is 0 Å². The third kappa shape index (κ3) is 6.49. The van der Waals surface area contributed by atoms with Crippen LogP contribution in [0.4, 0.5) is 0 Å². The smallest absolute Gasteiger partial charge is 0.271 e. The molecular formula is C20H22BrN3O5. The molecule has 8 nitrogen and oxygen atoms in total. The Morgan fingerprint density at radius 1 is 1.24 bits per heavy atom. The van der Waals surface area contributed by atoms with Crippen LogP contribution in [0.2, 0.25) is 0 Å². The summed E-state index contributed by atoms with van der Waals surface area (Å²) in [4.78, 5) is 25.3. The second-order valence-electron chi connectivity index (χ2n) is 6.09. The van der Waals surface area contributed by atoms with Crippen molar-refractivity contribution >= 4 is 34.0 Å². The van der Waals surface area contributed by atoms with Gasteiger partial charge in [-0.2, -0.15) is 5.10 Å². The highest BCUT2D eigenvalue weighted by Crippen LogP contribution is 2.36. The fraction of sp³-hybridized carbons (Fsp3) is 0.250. The lowest BCUT2D eigenvalue weighted by Crippen LogP contribution is -2.27. The summed E-state index contributed by atoms with van der Waals surface area (Å²) in [6.45, 7) is 2.11. The van der Waals surface area contributed by atoms with E-state index in [0.717, 1.165) is 0 Å². The van der Waals surface area contributed by atoms with Crippen LogP contribution < -0.4 is 14.9 Å². The minimum absolute atomic E-state index is 0.00439. The molecule has 0 fully saturated rings. The van der Waals surface area contributed by atoms with E-state index in [1.54, 1.807) is 38.4 Å². The SMILES string of the molecule is CCOc1cc(/C=N/NC(=O)c2cccc(O)c2)cc(Br)c1OCC(=O)N(C)C. The highest BCUT2D eigenvalue weighted by molar-refractivity contribution is 9.10. The van der Waals surface area contributed by atoms with Crippen molar-refractivity contribution in [3.8, 4) is 17.2 Å². The molecule has 0 bridgehead atoms. The first kappa shape index (κ1) is 22.2. The molecule has 0 heterocycles. The number of nitrogens with zero attached hydrogens (tertiary/aromatic N) is 2. The Morgan fingerprint density at radius 2 is 2.00 bits per heavy atom. The van der Waals surface area contributed by atoms with Crippen LogP contribution in [0.15, 0.2) is 46.0 Å². The molecule has 9 heteroatoms. The molecule has 0 aliphatic heterocycles. The van der Waals surface area contributed by atoms with Gasteiger partial charge in [0.25, 0.3) is 11.8 Å². The zero-order chi connectivity index (χ0) is 21.4. The number of aromatic hydroxyl groups is 1. The second kappa shape index (κ2) is 10.5. The number of phenolic OH excluding ortho intramolecular Hbond substituents is 1. The van der Waals surface area contributed by atoms with Crippen LogP contribution in [0.5, 0.6) is 17.2 Å². The van der Waals surface area contributed by atoms with E-state index < -0.39 is 5.91 Å². The van der Waals surface area contributed by atoms with E-state index in [1.807, 2.05) is 6.92 Å². The number of hydrazone groups is 1. The topological polar surface area (TPSA) is 100 Å². The van der Waals surface area contributed by atoms with Crippen molar-refractivity contribution in [2.45, 2.75) is 6.92 Å². The average molecular weight is 464 g/mol. The molecule has 2 aromatic rings. The normalized spacial score (nSPS) is 10.6. The zero-order valence-electron chi connectivity index (χ0n) is 16.3. The largest absolute Gasteiger partial charge is 0.508 e. The summed E-state index contributed by atoms with van der Waals surface area (Å²) in [6.07, 6.45) is 1.45. The van der Waals surface area contributed by atoms with Gasteiger partial charge in [-0.3, -0.25) is 9.59 Å². The summed E-state index contributed by atoms with van der Waals surface area (Å²) in [6, 6.07) is 9.36. The molecule has 2 amide bonds. The molecular weight excluding hydrogens is 442 g/mol. The number of likely N-dealkylation sites (N-methyl/N-ethyl adjacent to an activating group) is 1. The van der Waals surface area contributed by atoms with Gasteiger partial charge in [-0.25, -0.2) is 5.43 Å². The Morgan fingerprint density at radius 3 is 2.66 bits per heavy atom. The van der Waals surface area contributed by atoms with E-state index in [1.165, 1.54) is 23.2 Å². The van der Waals surface area contributed by atoms with E-state index in [2.05, 4.69) is 26.5 Å². The highest BCUT2D eigenvalue weighted by atomic mass is 79.9. The van der Waals surface area contributed by atoms with E-state index in [0.29, 0.717) is 28.1 Å². The first-order valence-electron chi connectivity index (χ1n) is 8.73. The molecule has 0 saturated carbocycles. The lowest BCUT2D eigenvalue weighted by atomic mass is 10.2. The molecule has 0 aromatic heterocycles. The maximum Gasteiger partial charge on any atom is 0.271 e. The van der Waals surface area contributed by atoms with Gasteiger partial charge in [0.05, 0.1) is 17.3 Å². The molecule has 0 radical (unpaired) electrons. The predicted molar refractivity (Wildman–Crippen MR) is 113 cm³/mol. The zero-order valence-corrected chi connectivity index (χ0v) is 17.9. The Hall–Kier alpha value is -3.07. The molecule has 0 aliphatic rings. The van der Waals surface area contributed by atoms with E-state index in [4.69, 9.17) is 9.47 Å². The maximum atomic E-state index is 12.1. The number of halogens is 1. The Labute approximate surface area is 177 Å². The number of rotatable bonds is 8. The number of phenols is 1. The summed E-state index contributed by atoms with van der Waals surface area (Å²) < 4.78 is 11.8. The lowest BCUT2D eigenvalue weighted by Gasteiger charge is -2.16. The summed E-state index contributed by atoms with van der Waals surface area (Å²) in [5, 5.41) is 13.4. The van der Waals surface area contributed by atoms with E-state index >= 15 is 0 Å². The molecule has 0 atom stereocenters. The summed E-state index contributed by atoms with van der Waals surface area (Å²) >= 11 is 3.41. The number of amides is 2. The molecule has 154 valence electrons. The average Bonchev–Trinajstić information content (AvgIpc) is 2.67.